The molecule has 1 heterocycles. The molecule has 0 aromatic heterocycles. The fraction of sp³-hybridized carbons (Fsp3) is 0.273. The monoisotopic (exact) mass is 605 g/mol. The van der Waals surface area contributed by atoms with Crippen molar-refractivity contribution in [3.05, 3.63) is 115 Å². The molecule has 3 aromatic rings. The van der Waals surface area contributed by atoms with Crippen molar-refractivity contribution in [2.45, 2.75) is 57.1 Å². The fourth-order valence-corrected chi connectivity index (χ4v) is 7.43. The zero-order chi connectivity index (χ0) is 29.6. The zero-order valence-electron chi connectivity index (χ0n) is 23.3. The summed E-state index contributed by atoms with van der Waals surface area (Å²) in [6, 6.07) is 18.0. The van der Waals surface area contributed by atoms with Crippen LogP contribution in [0.4, 0.5) is 10.1 Å². The highest BCUT2D eigenvalue weighted by Gasteiger charge is 2.45. The molecule has 0 bridgehead atoms. The molecular weight excluding hydrogens is 576 g/mol. The number of nitrogens with two attached hydrogens (primary N) is 1. The second-order valence-corrected chi connectivity index (χ2v) is 13.3. The normalized spacial score (nSPS) is 18.4. The van der Waals surface area contributed by atoms with Gasteiger partial charge in [0.1, 0.15) is 11.6 Å². The van der Waals surface area contributed by atoms with Crippen LogP contribution < -0.4 is 10.6 Å². The molecule has 5 rings (SSSR count). The minimum atomic E-state index is -0.623. The first-order valence-corrected chi connectivity index (χ1v) is 15.0. The van der Waals surface area contributed by atoms with Crippen LogP contribution in [0.5, 0.6) is 0 Å². The maximum atomic E-state index is 14.4. The minimum Gasteiger partial charge on any atom is -0.384 e. The highest BCUT2D eigenvalue weighted by molar-refractivity contribution is 7.98. The average molecular weight is 607 g/mol. The quantitative estimate of drug-likeness (QED) is 0.294. The van der Waals surface area contributed by atoms with Crippen molar-refractivity contribution in [2.24, 2.45) is 11.1 Å². The van der Waals surface area contributed by atoms with E-state index in [-0.39, 0.29) is 22.6 Å². The Hall–Kier alpha value is -3.24. The summed E-state index contributed by atoms with van der Waals surface area (Å²) >= 11 is 14.2. The molecule has 4 nitrogen and oxygen atoms in total. The van der Waals surface area contributed by atoms with Crippen molar-refractivity contribution in [3.8, 4) is 6.07 Å². The van der Waals surface area contributed by atoms with E-state index in [1.165, 1.54) is 12.1 Å². The molecule has 1 aliphatic carbocycles. The maximum Gasteiger partial charge on any atom is 0.162 e. The Kier molecular flexibility index (Phi) is 8.00. The molecule has 0 amide bonds. The molecule has 0 spiro atoms. The standard InChI is InChI=1S/C33H30Cl2FN3OS/c1-18-10-20(17-41-29-12-21(34)8-9-26(29)35)19(2)24(11-18)30-25(16-37)32(38)39(23-7-5-6-22(36)13-23)27-14-33(3,4)15-28(40)31(27)30/h5-13,30H,14-15,17,38H2,1-4H3. The Morgan fingerprint density at radius 3 is 2.59 bits per heavy atom. The Morgan fingerprint density at radius 1 is 1.12 bits per heavy atom. The summed E-state index contributed by atoms with van der Waals surface area (Å²) in [6.07, 6.45) is 0.903. The molecule has 1 atom stereocenters. The van der Waals surface area contributed by atoms with Crippen LogP contribution in [0, 0.1) is 36.4 Å². The van der Waals surface area contributed by atoms with Crippen molar-refractivity contribution in [1.29, 1.82) is 5.26 Å². The van der Waals surface area contributed by atoms with Gasteiger partial charge in [-0.3, -0.25) is 9.69 Å². The number of rotatable bonds is 5. The van der Waals surface area contributed by atoms with Gasteiger partial charge in [-0.05, 0) is 78.8 Å². The smallest absolute Gasteiger partial charge is 0.162 e. The molecule has 41 heavy (non-hydrogen) atoms. The van der Waals surface area contributed by atoms with Gasteiger partial charge in [0.15, 0.2) is 5.78 Å². The lowest BCUT2D eigenvalue weighted by molar-refractivity contribution is -0.118. The molecule has 1 unspecified atom stereocenters. The molecule has 8 heteroatoms. The second-order valence-electron chi connectivity index (χ2n) is 11.5. The molecule has 210 valence electrons. The lowest BCUT2D eigenvalue weighted by Crippen LogP contribution is -2.42. The number of thioether (sulfide) groups is 1. The third-order valence-corrected chi connectivity index (χ3v) is 9.52. The predicted octanol–water partition coefficient (Wildman–Crippen LogP) is 8.98. The SMILES string of the molecule is Cc1cc(CSc2cc(Cl)ccc2Cl)c(C)c(C2C(C#N)=C(N)N(c3cccc(F)c3)C3=C2C(=O)CC(C)(C)C3)c1. The number of nitrogens with zero attached hydrogens (tertiary/aromatic N) is 2. The van der Waals surface area contributed by atoms with Gasteiger partial charge in [0.05, 0.1) is 28.3 Å². The first-order valence-electron chi connectivity index (χ1n) is 13.3. The van der Waals surface area contributed by atoms with Crippen LogP contribution >= 0.6 is 35.0 Å². The number of halogens is 3. The number of nitriles is 1. The first-order chi connectivity index (χ1) is 19.4. The Labute approximate surface area is 254 Å². The van der Waals surface area contributed by atoms with E-state index in [2.05, 4.69) is 12.1 Å². The van der Waals surface area contributed by atoms with Gasteiger partial charge in [0.25, 0.3) is 0 Å². The molecule has 0 fully saturated rings. The van der Waals surface area contributed by atoms with Gasteiger partial charge in [-0.15, -0.1) is 11.8 Å². The fourth-order valence-electron chi connectivity index (χ4n) is 5.89. The largest absolute Gasteiger partial charge is 0.384 e. The average Bonchev–Trinajstić information content (AvgIpc) is 2.89. The van der Waals surface area contributed by atoms with Crippen LogP contribution in [-0.2, 0) is 10.5 Å². The van der Waals surface area contributed by atoms with Gasteiger partial charge in [-0.2, -0.15) is 5.26 Å². The summed E-state index contributed by atoms with van der Waals surface area (Å²) in [4.78, 5) is 16.5. The van der Waals surface area contributed by atoms with Gasteiger partial charge in [-0.25, -0.2) is 4.39 Å². The highest BCUT2D eigenvalue weighted by Crippen LogP contribution is 2.51. The van der Waals surface area contributed by atoms with E-state index >= 15 is 0 Å². The Bertz CT molecular complexity index is 1690. The maximum absolute atomic E-state index is 14.4. The summed E-state index contributed by atoms with van der Waals surface area (Å²) in [5, 5.41) is 11.7. The number of Topliss-reactive ketones (excluding diaryl/α,β-unsaturated/α-hetero) is 1. The van der Waals surface area contributed by atoms with Crippen molar-refractivity contribution >= 4 is 46.4 Å². The zero-order valence-corrected chi connectivity index (χ0v) is 25.6. The van der Waals surface area contributed by atoms with Crippen LogP contribution in [0.3, 0.4) is 0 Å². The number of carbonyl (C=O) groups excluding carboxylic acids is 1. The molecular formula is C33H30Cl2FN3OS. The molecule has 2 aliphatic rings. The number of aryl methyl sites for hydroxylation is 1. The van der Waals surface area contributed by atoms with Crippen molar-refractivity contribution in [3.63, 3.8) is 0 Å². The van der Waals surface area contributed by atoms with Crippen LogP contribution in [0.15, 0.2) is 82.2 Å². The van der Waals surface area contributed by atoms with E-state index in [1.54, 1.807) is 40.9 Å². The Balaban J connectivity index is 1.67. The predicted molar refractivity (Wildman–Crippen MR) is 165 cm³/mol. The first kappa shape index (κ1) is 29.3. The van der Waals surface area contributed by atoms with Crippen molar-refractivity contribution in [1.82, 2.24) is 0 Å². The third-order valence-electron chi connectivity index (χ3n) is 7.73. The summed E-state index contributed by atoms with van der Waals surface area (Å²) in [6.45, 7) is 8.11. The van der Waals surface area contributed by atoms with E-state index < -0.39 is 11.7 Å². The van der Waals surface area contributed by atoms with Gasteiger partial charge in [-0.1, -0.05) is 60.8 Å². The van der Waals surface area contributed by atoms with Crippen molar-refractivity contribution in [2.75, 3.05) is 4.90 Å². The number of anilines is 1. The van der Waals surface area contributed by atoms with Crippen LogP contribution in [0.2, 0.25) is 10.0 Å². The van der Waals surface area contributed by atoms with Crippen LogP contribution in [0.1, 0.15) is 54.9 Å². The second kappa shape index (κ2) is 11.2. The number of benzene rings is 3. The van der Waals surface area contributed by atoms with E-state index in [0.29, 0.717) is 39.9 Å². The van der Waals surface area contributed by atoms with Gasteiger partial charge >= 0.3 is 0 Å². The van der Waals surface area contributed by atoms with E-state index in [4.69, 9.17) is 28.9 Å². The molecule has 0 saturated heterocycles. The summed E-state index contributed by atoms with van der Waals surface area (Å²) in [7, 11) is 0. The van der Waals surface area contributed by atoms with E-state index in [1.807, 2.05) is 39.8 Å². The number of carbonyl (C=O) groups is 1. The van der Waals surface area contributed by atoms with Gasteiger partial charge in [0.2, 0.25) is 0 Å². The lowest BCUT2D eigenvalue weighted by atomic mass is 9.68. The number of allylic oxidation sites excluding steroid dienone is 3. The number of hydrogen-bond acceptors (Lipinski definition) is 5. The molecule has 0 saturated carbocycles. The molecule has 2 N–H and O–H groups in total. The molecule has 0 radical (unpaired) electrons. The molecule has 1 aliphatic heterocycles. The summed E-state index contributed by atoms with van der Waals surface area (Å²) in [5.74, 6) is -0.227. The van der Waals surface area contributed by atoms with Crippen LogP contribution in [-0.4, -0.2) is 5.78 Å². The van der Waals surface area contributed by atoms with E-state index in [9.17, 15) is 14.4 Å². The Morgan fingerprint density at radius 2 is 1.88 bits per heavy atom. The third kappa shape index (κ3) is 5.64. The van der Waals surface area contributed by atoms with Crippen LogP contribution in [0.25, 0.3) is 0 Å². The summed E-state index contributed by atoms with van der Waals surface area (Å²) in [5.41, 5.74) is 12.4. The number of ketones is 1. The molecule has 3 aromatic carbocycles. The topological polar surface area (TPSA) is 70.1 Å². The van der Waals surface area contributed by atoms with E-state index in [0.717, 1.165) is 32.8 Å². The number of hydrogen-bond donors (Lipinski definition) is 1. The van der Waals surface area contributed by atoms with Gasteiger partial charge < -0.3 is 5.73 Å². The lowest BCUT2D eigenvalue weighted by Gasteiger charge is -2.44. The highest BCUT2D eigenvalue weighted by atomic mass is 35.5. The summed E-state index contributed by atoms with van der Waals surface area (Å²) < 4.78 is 14.4. The minimum absolute atomic E-state index is 0.0227. The van der Waals surface area contributed by atoms with Gasteiger partial charge in [0, 0.05) is 33.4 Å². The van der Waals surface area contributed by atoms with Crippen molar-refractivity contribution < 1.29 is 9.18 Å².